The third kappa shape index (κ3) is 26.9. The number of hydrogen-bond donors (Lipinski definition) is 8. The molecule has 2 heterocycles. The van der Waals surface area contributed by atoms with E-state index in [1.807, 2.05) is 0 Å². The number of hydrogen-bond acceptors (Lipinski definition) is 12. The molecule has 11 N–H and O–H groups in total. The number of aliphatic imine (C=N–C) groups is 1. The molecular weight excluding hydrogens is 506 g/mol. The number of methoxy groups -OCH3 is 1. The van der Waals surface area contributed by atoms with E-state index in [-0.39, 0.29) is 41.2 Å². The van der Waals surface area contributed by atoms with Crippen LogP contribution in [0.15, 0.2) is 26.7 Å². The number of isocyanates is 1. The molecule has 18 nitrogen and oxygen atoms in total. The number of aromatic amines is 2. The number of amides is 2. The first-order valence-electron chi connectivity index (χ1n) is 10.1. The fourth-order valence-corrected chi connectivity index (χ4v) is 1.69. The van der Waals surface area contributed by atoms with E-state index in [1.165, 1.54) is 46.3 Å². The highest BCUT2D eigenvalue weighted by molar-refractivity contribution is 5.94. The van der Waals surface area contributed by atoms with Crippen LogP contribution >= 0.6 is 0 Å². The van der Waals surface area contributed by atoms with Crippen LogP contribution in [-0.2, 0) is 19.1 Å². The van der Waals surface area contributed by atoms with Gasteiger partial charge in [0.2, 0.25) is 18.0 Å². The molecule has 38 heavy (non-hydrogen) atoms. The first kappa shape index (κ1) is 37.2. The predicted molar refractivity (Wildman–Crippen MR) is 139 cm³/mol. The number of ether oxygens (including phenoxy) is 1. The van der Waals surface area contributed by atoms with Gasteiger partial charge in [0.25, 0.3) is 11.1 Å². The normalized spacial score (nSPS) is 8.26. The fourth-order valence-electron chi connectivity index (χ4n) is 1.69. The van der Waals surface area contributed by atoms with Crippen LogP contribution in [0.2, 0.25) is 0 Å². The Morgan fingerprint density at radius 3 is 1.84 bits per heavy atom. The Hall–Kier alpha value is -5.38. The molecule has 0 radical (unpaired) electrons. The van der Waals surface area contributed by atoms with Crippen molar-refractivity contribution in [1.82, 2.24) is 25.3 Å². The van der Waals surface area contributed by atoms with Crippen molar-refractivity contribution in [2.45, 2.75) is 27.2 Å². The maximum Gasteiger partial charge on any atom is 0.321 e. The number of nitrogens with two attached hydrogens (primary N) is 3. The van der Waals surface area contributed by atoms with Gasteiger partial charge in [-0.1, -0.05) is 0 Å². The van der Waals surface area contributed by atoms with Crippen LogP contribution in [0, 0.1) is 19.3 Å². The molecule has 0 aliphatic rings. The number of Topliss-reactive ketones (excluding diaryl/α,β-unsaturated/α-hetero) is 1. The number of ketones is 1. The number of guanidine groups is 1. The molecule has 0 aliphatic carbocycles. The number of nitrogen functional groups attached to an aromatic ring is 1. The van der Waals surface area contributed by atoms with Crippen LogP contribution in [0.1, 0.15) is 24.7 Å². The summed E-state index contributed by atoms with van der Waals surface area (Å²) in [5.41, 5.74) is 14.8. The molecule has 0 saturated heterocycles. The molecule has 2 rings (SSSR count). The lowest BCUT2D eigenvalue weighted by molar-refractivity contribution is -0.142. The maximum atomic E-state index is 10.9. The Balaban J connectivity index is -0.000000434. The van der Waals surface area contributed by atoms with Gasteiger partial charge in [-0.25, -0.2) is 24.5 Å². The minimum Gasteiger partial charge on any atom is -0.469 e. The Kier molecular flexibility index (Phi) is 21.6. The molecule has 0 fully saturated rings. The van der Waals surface area contributed by atoms with Crippen molar-refractivity contribution in [3.63, 3.8) is 0 Å². The fraction of sp³-hybridized carbons (Fsp3) is 0.350. The van der Waals surface area contributed by atoms with Crippen LogP contribution in [0.5, 0.6) is 0 Å². The SMILES string of the molecule is CN=C=O.CNC(=O)Nc1nc(C)cc(=O)[nH]1.COC(=O)CC(C)=O.Cc1cc(=O)[nH]c(N)n1.N=C(N)N. The second-order valence-electron chi connectivity index (χ2n) is 6.44. The van der Waals surface area contributed by atoms with Crippen molar-refractivity contribution < 1.29 is 23.9 Å². The highest BCUT2D eigenvalue weighted by Gasteiger charge is 2.02. The number of aromatic nitrogens is 4. The lowest BCUT2D eigenvalue weighted by Gasteiger charge is -2.02. The summed E-state index contributed by atoms with van der Waals surface area (Å²) in [7, 11) is 4.11. The van der Waals surface area contributed by atoms with Gasteiger partial charge < -0.3 is 27.3 Å². The van der Waals surface area contributed by atoms with Crippen LogP contribution in [0.25, 0.3) is 0 Å². The standard InChI is InChI=1S/C7H10N4O2.C5H7N3O.C5H8O3.C2H3NO.CH5N3/c1-4-3-5(12)10-6(9-4)11-7(13)8-2;1-3-2-4(9)8-5(6)7-3;1-4(6)3-5(7)8-2;1-3-2-4;2-1(3)4/h3H,1-2H3,(H3,8,9,10,11,12,13);2H,1H3,(H3,6,7,8,9);3H2,1-2H3;1H3;(H5,2,3,4). The van der Waals surface area contributed by atoms with Gasteiger partial charge in [-0.3, -0.25) is 39.9 Å². The monoisotopic (exact) mass is 539 g/mol. The maximum absolute atomic E-state index is 10.9. The number of nitrogens with one attached hydrogen (secondary N) is 5. The molecule has 0 spiro atoms. The van der Waals surface area contributed by atoms with Gasteiger partial charge in [0, 0.05) is 37.6 Å². The number of anilines is 2. The van der Waals surface area contributed by atoms with Crippen LogP contribution in [-0.4, -0.2) is 71.0 Å². The Morgan fingerprint density at radius 2 is 1.55 bits per heavy atom. The number of rotatable bonds is 3. The van der Waals surface area contributed by atoms with E-state index in [9.17, 15) is 24.0 Å². The number of urea groups is 1. The second-order valence-corrected chi connectivity index (χ2v) is 6.44. The van der Waals surface area contributed by atoms with E-state index in [0.29, 0.717) is 11.4 Å². The number of esters is 1. The lowest BCUT2D eigenvalue weighted by atomic mass is 10.3. The smallest absolute Gasteiger partial charge is 0.321 e. The van der Waals surface area contributed by atoms with E-state index in [2.05, 4.69) is 51.8 Å². The van der Waals surface area contributed by atoms with Crippen molar-refractivity contribution in [3.8, 4) is 0 Å². The van der Waals surface area contributed by atoms with Crippen molar-refractivity contribution in [3.05, 3.63) is 44.2 Å². The van der Waals surface area contributed by atoms with Crippen molar-refractivity contribution in [2.24, 2.45) is 16.5 Å². The lowest BCUT2D eigenvalue weighted by Crippen LogP contribution is -2.27. The molecule has 2 aromatic rings. The summed E-state index contributed by atoms with van der Waals surface area (Å²) in [6.45, 7) is 4.73. The summed E-state index contributed by atoms with van der Waals surface area (Å²) in [6.07, 6.45) is 1.19. The van der Waals surface area contributed by atoms with Crippen molar-refractivity contribution >= 4 is 41.7 Å². The average Bonchev–Trinajstić information content (AvgIpc) is 2.77. The van der Waals surface area contributed by atoms with Crippen LogP contribution in [0.3, 0.4) is 0 Å². The van der Waals surface area contributed by atoms with Gasteiger partial charge in [-0.05, 0) is 20.8 Å². The minimum absolute atomic E-state index is 0.115. The highest BCUT2D eigenvalue weighted by atomic mass is 16.5. The van der Waals surface area contributed by atoms with Gasteiger partial charge in [0.15, 0.2) is 5.96 Å². The number of aryl methyl sites for hydroxylation is 2. The van der Waals surface area contributed by atoms with Gasteiger partial charge in [0.1, 0.15) is 12.2 Å². The molecule has 0 aromatic carbocycles. The Bertz CT molecular complexity index is 1180. The first-order chi connectivity index (χ1) is 17.6. The molecule has 2 aromatic heterocycles. The van der Waals surface area contributed by atoms with Crippen LogP contribution in [0.4, 0.5) is 16.7 Å². The largest absolute Gasteiger partial charge is 0.469 e. The van der Waals surface area contributed by atoms with Gasteiger partial charge in [-0.15, -0.1) is 0 Å². The molecule has 0 bridgehead atoms. The van der Waals surface area contributed by atoms with Gasteiger partial charge >= 0.3 is 12.0 Å². The molecule has 18 heteroatoms. The van der Waals surface area contributed by atoms with E-state index >= 15 is 0 Å². The van der Waals surface area contributed by atoms with E-state index in [4.69, 9.17) is 15.9 Å². The topological polar surface area (TPSA) is 307 Å². The summed E-state index contributed by atoms with van der Waals surface area (Å²) in [4.78, 5) is 76.7. The van der Waals surface area contributed by atoms with Gasteiger partial charge in [-0.2, -0.15) is 0 Å². The quantitative estimate of drug-likeness (QED) is 0.0720. The molecule has 0 saturated carbocycles. The van der Waals surface area contributed by atoms with Crippen molar-refractivity contribution in [2.75, 3.05) is 32.3 Å². The molecule has 2 amide bonds. The minimum atomic E-state index is -0.475. The first-order valence-corrected chi connectivity index (χ1v) is 10.1. The third-order valence-electron chi connectivity index (χ3n) is 2.93. The zero-order valence-corrected chi connectivity index (χ0v) is 21.8. The predicted octanol–water partition coefficient (Wildman–Crippen LogP) is -1.58. The van der Waals surface area contributed by atoms with Crippen LogP contribution < -0.4 is 39.0 Å². The summed E-state index contributed by atoms with van der Waals surface area (Å²) in [6, 6.07) is 2.31. The van der Waals surface area contributed by atoms with E-state index in [1.54, 1.807) is 13.8 Å². The summed E-state index contributed by atoms with van der Waals surface area (Å²) in [5.74, 6) is -0.668. The van der Waals surface area contributed by atoms with Crippen molar-refractivity contribution in [1.29, 1.82) is 5.41 Å². The Labute approximate surface area is 217 Å². The van der Waals surface area contributed by atoms with Gasteiger partial charge in [0.05, 0.1) is 7.11 Å². The number of carbonyl (C=O) groups is 3. The van der Waals surface area contributed by atoms with E-state index < -0.39 is 12.0 Å². The molecule has 210 valence electrons. The number of nitrogens with zero attached hydrogens (tertiary/aromatic N) is 3. The average molecular weight is 540 g/mol. The number of carbonyl (C=O) groups excluding carboxylic acids is 4. The zero-order chi connectivity index (χ0) is 30.3. The molecule has 0 unspecified atom stereocenters. The summed E-state index contributed by atoms with van der Waals surface area (Å²) in [5, 5.41) is 10.8. The highest BCUT2D eigenvalue weighted by Crippen LogP contribution is 1.94. The Morgan fingerprint density at radius 1 is 1.11 bits per heavy atom. The second kappa shape index (κ2) is 22.1. The molecule has 0 atom stereocenters. The molecular formula is C20H33N11O7. The van der Waals surface area contributed by atoms with E-state index in [0.717, 1.165) is 0 Å². The zero-order valence-electron chi connectivity index (χ0n) is 21.8. The number of H-pyrrole nitrogens is 2. The third-order valence-corrected chi connectivity index (χ3v) is 2.93. The summed E-state index contributed by atoms with van der Waals surface area (Å²) >= 11 is 0. The summed E-state index contributed by atoms with van der Waals surface area (Å²) < 4.78 is 4.20. The molecule has 0 aliphatic heterocycles.